The van der Waals surface area contributed by atoms with E-state index in [0.29, 0.717) is 17.1 Å². The summed E-state index contributed by atoms with van der Waals surface area (Å²) < 4.78 is 26.1. The molecule has 82 valence electrons. The molecule has 0 aliphatic carbocycles. The smallest absolute Gasteiger partial charge is 0.239 e. The number of benzene rings is 1. The Morgan fingerprint density at radius 2 is 2.20 bits per heavy atom. The Morgan fingerprint density at radius 3 is 2.87 bits per heavy atom. The molecule has 0 radical (unpaired) electrons. The van der Waals surface area contributed by atoms with Crippen molar-refractivity contribution in [2.45, 2.75) is 25.0 Å². The lowest BCUT2D eigenvalue weighted by molar-refractivity contribution is 0.583. The van der Waals surface area contributed by atoms with Crippen LogP contribution in [-0.4, -0.2) is 8.42 Å². The summed E-state index contributed by atoms with van der Waals surface area (Å²) >= 11 is 6.02. The number of fused-ring (bicyclic) bond motifs is 1. The number of nitrogens with one attached hydrogen (secondary N) is 1. The van der Waals surface area contributed by atoms with Crippen molar-refractivity contribution in [3.05, 3.63) is 28.8 Å². The fourth-order valence-electron chi connectivity index (χ4n) is 1.89. The Kier molecular flexibility index (Phi) is 2.64. The quantitative estimate of drug-likeness (QED) is 0.871. The van der Waals surface area contributed by atoms with E-state index in [2.05, 4.69) is 4.72 Å². The number of halogens is 1. The lowest BCUT2D eigenvalue weighted by Crippen LogP contribution is -2.12. The number of hydrogen-bond donors (Lipinski definition) is 1. The molecule has 15 heavy (non-hydrogen) atoms. The Balaban J connectivity index is 2.56. The van der Waals surface area contributed by atoms with Gasteiger partial charge in [0.15, 0.2) is 0 Å². The van der Waals surface area contributed by atoms with Crippen molar-refractivity contribution < 1.29 is 8.42 Å². The van der Waals surface area contributed by atoms with Gasteiger partial charge in [0.1, 0.15) is 5.25 Å². The third-order valence-corrected chi connectivity index (χ3v) is 4.61. The highest BCUT2D eigenvalue weighted by Crippen LogP contribution is 2.43. The molecule has 1 atom stereocenters. The molecule has 1 aliphatic rings. The van der Waals surface area contributed by atoms with Crippen LogP contribution in [0.5, 0.6) is 0 Å². The molecule has 3 nitrogen and oxygen atoms in total. The van der Waals surface area contributed by atoms with E-state index in [1.54, 1.807) is 18.2 Å². The summed E-state index contributed by atoms with van der Waals surface area (Å²) in [6, 6.07) is 5.22. The summed E-state index contributed by atoms with van der Waals surface area (Å²) in [6.45, 7) is 1.96. The van der Waals surface area contributed by atoms with E-state index in [1.165, 1.54) is 0 Å². The van der Waals surface area contributed by atoms with Crippen molar-refractivity contribution in [3.8, 4) is 0 Å². The fraction of sp³-hybridized carbons (Fsp3) is 0.400. The van der Waals surface area contributed by atoms with Gasteiger partial charge in [-0.1, -0.05) is 31.0 Å². The highest BCUT2D eigenvalue weighted by atomic mass is 35.5. The monoisotopic (exact) mass is 245 g/mol. The van der Waals surface area contributed by atoms with E-state index in [4.69, 9.17) is 11.6 Å². The molecule has 0 fully saturated rings. The van der Waals surface area contributed by atoms with Crippen LogP contribution in [-0.2, 0) is 10.0 Å². The average Bonchev–Trinajstić information content (AvgIpc) is 2.39. The fourth-order valence-corrected chi connectivity index (χ4v) is 4.00. The highest BCUT2D eigenvalue weighted by molar-refractivity contribution is 7.93. The lowest BCUT2D eigenvalue weighted by atomic mass is 10.1. The van der Waals surface area contributed by atoms with E-state index >= 15 is 0 Å². The van der Waals surface area contributed by atoms with Gasteiger partial charge in [-0.25, -0.2) is 8.42 Å². The first-order valence-electron chi connectivity index (χ1n) is 4.86. The molecule has 1 N–H and O–H groups in total. The third-order valence-electron chi connectivity index (χ3n) is 2.55. The van der Waals surface area contributed by atoms with Crippen molar-refractivity contribution in [3.63, 3.8) is 0 Å². The van der Waals surface area contributed by atoms with Gasteiger partial charge in [0.05, 0.1) is 5.69 Å². The minimum absolute atomic E-state index is 0.494. The summed E-state index contributed by atoms with van der Waals surface area (Å²) in [4.78, 5) is 0. The van der Waals surface area contributed by atoms with E-state index in [0.717, 1.165) is 12.0 Å². The molecule has 1 aromatic rings. The second kappa shape index (κ2) is 3.68. The van der Waals surface area contributed by atoms with Crippen molar-refractivity contribution in [1.82, 2.24) is 0 Å². The summed E-state index contributed by atoms with van der Waals surface area (Å²) in [7, 11) is -3.27. The molecule has 0 amide bonds. The van der Waals surface area contributed by atoms with Crippen LogP contribution in [0, 0.1) is 0 Å². The van der Waals surface area contributed by atoms with Gasteiger partial charge in [-0.2, -0.15) is 0 Å². The van der Waals surface area contributed by atoms with Crippen molar-refractivity contribution in [1.29, 1.82) is 0 Å². The normalized spacial score (nSPS) is 22.1. The molecule has 0 saturated carbocycles. The predicted octanol–water partition coefficient (Wildman–Crippen LogP) is 2.94. The van der Waals surface area contributed by atoms with E-state index in [1.807, 2.05) is 6.92 Å². The van der Waals surface area contributed by atoms with E-state index < -0.39 is 15.3 Å². The van der Waals surface area contributed by atoms with Crippen LogP contribution in [0.15, 0.2) is 18.2 Å². The zero-order valence-electron chi connectivity index (χ0n) is 8.33. The molecule has 0 aromatic heterocycles. The first-order valence-corrected chi connectivity index (χ1v) is 6.78. The van der Waals surface area contributed by atoms with Crippen LogP contribution in [0.2, 0.25) is 5.02 Å². The highest BCUT2D eigenvalue weighted by Gasteiger charge is 2.36. The van der Waals surface area contributed by atoms with Gasteiger partial charge in [0.2, 0.25) is 10.0 Å². The Morgan fingerprint density at radius 1 is 1.47 bits per heavy atom. The topological polar surface area (TPSA) is 46.2 Å². The molecule has 1 heterocycles. The maximum absolute atomic E-state index is 11.8. The lowest BCUT2D eigenvalue weighted by Gasteiger charge is -2.08. The van der Waals surface area contributed by atoms with Gasteiger partial charge in [0, 0.05) is 10.6 Å². The first kappa shape index (κ1) is 10.8. The maximum Gasteiger partial charge on any atom is 0.239 e. The van der Waals surface area contributed by atoms with Crippen molar-refractivity contribution in [2.75, 3.05) is 4.72 Å². The molecule has 0 bridgehead atoms. The zero-order valence-corrected chi connectivity index (χ0v) is 9.90. The van der Waals surface area contributed by atoms with Crippen LogP contribution in [0.4, 0.5) is 5.69 Å². The summed E-state index contributed by atoms with van der Waals surface area (Å²) in [5.41, 5.74) is 1.35. The Bertz CT molecular complexity index is 484. The molecule has 1 aromatic carbocycles. The Hall–Kier alpha value is -0.740. The standard InChI is InChI=1S/C10H12ClNO2S/c1-2-4-9-10-7(11)5-3-6-8(10)12-15(9,13)14/h3,5-6,9,12H,2,4H2,1H3. The van der Waals surface area contributed by atoms with Crippen LogP contribution < -0.4 is 4.72 Å². The van der Waals surface area contributed by atoms with Crippen LogP contribution >= 0.6 is 11.6 Å². The molecular weight excluding hydrogens is 234 g/mol. The summed E-state index contributed by atoms with van der Waals surface area (Å²) in [5.74, 6) is 0. The van der Waals surface area contributed by atoms with Gasteiger partial charge < -0.3 is 0 Å². The SMILES string of the molecule is CCCC1c2c(Cl)cccc2NS1(=O)=O. The molecule has 2 rings (SSSR count). The molecule has 0 spiro atoms. The second-order valence-electron chi connectivity index (χ2n) is 3.63. The molecular formula is C10H12ClNO2S. The average molecular weight is 246 g/mol. The predicted molar refractivity (Wildman–Crippen MR) is 61.6 cm³/mol. The number of sulfonamides is 1. The largest absolute Gasteiger partial charge is 0.283 e. The molecule has 5 heteroatoms. The molecule has 1 aliphatic heterocycles. The third kappa shape index (κ3) is 1.72. The van der Waals surface area contributed by atoms with Crippen LogP contribution in [0.3, 0.4) is 0 Å². The summed E-state index contributed by atoms with van der Waals surface area (Å²) in [6.07, 6.45) is 1.42. The number of hydrogen-bond acceptors (Lipinski definition) is 2. The van der Waals surface area contributed by atoms with Crippen LogP contribution in [0.1, 0.15) is 30.6 Å². The van der Waals surface area contributed by atoms with Gasteiger partial charge in [0.25, 0.3) is 0 Å². The first-order chi connectivity index (χ1) is 7.06. The van der Waals surface area contributed by atoms with Gasteiger partial charge in [-0.3, -0.25) is 4.72 Å². The van der Waals surface area contributed by atoms with E-state index in [9.17, 15) is 8.42 Å². The van der Waals surface area contributed by atoms with Gasteiger partial charge >= 0.3 is 0 Å². The molecule has 1 unspecified atom stereocenters. The number of anilines is 1. The van der Waals surface area contributed by atoms with Crippen molar-refractivity contribution >= 4 is 27.3 Å². The Labute approximate surface area is 94.5 Å². The van der Waals surface area contributed by atoms with Gasteiger partial charge in [-0.15, -0.1) is 0 Å². The van der Waals surface area contributed by atoms with Crippen molar-refractivity contribution in [2.24, 2.45) is 0 Å². The minimum atomic E-state index is -3.27. The second-order valence-corrected chi connectivity index (χ2v) is 5.90. The maximum atomic E-state index is 11.8. The van der Waals surface area contributed by atoms with E-state index in [-0.39, 0.29) is 0 Å². The van der Waals surface area contributed by atoms with Crippen LogP contribution in [0.25, 0.3) is 0 Å². The summed E-state index contributed by atoms with van der Waals surface area (Å²) in [5, 5.41) is 0.0331. The molecule has 0 saturated heterocycles. The zero-order chi connectivity index (χ0) is 11.1. The van der Waals surface area contributed by atoms with Gasteiger partial charge in [-0.05, 0) is 18.6 Å². The number of rotatable bonds is 2. The minimum Gasteiger partial charge on any atom is -0.283 e.